The number of carbonyl (C=O) groups is 1. The van der Waals surface area contributed by atoms with E-state index < -0.39 is 0 Å². The van der Waals surface area contributed by atoms with Gasteiger partial charge in [-0.3, -0.25) is 4.79 Å². The summed E-state index contributed by atoms with van der Waals surface area (Å²) in [4.78, 5) is 11.6. The maximum absolute atomic E-state index is 11.6. The van der Waals surface area contributed by atoms with E-state index in [0.29, 0.717) is 19.8 Å². The van der Waals surface area contributed by atoms with Crippen LogP contribution in [0.5, 0.6) is 0 Å². The van der Waals surface area contributed by atoms with Gasteiger partial charge < -0.3 is 20.1 Å². The van der Waals surface area contributed by atoms with Crippen molar-refractivity contribution in [3.8, 4) is 0 Å². The van der Waals surface area contributed by atoms with E-state index in [9.17, 15) is 4.79 Å². The Hall–Kier alpha value is -0.650. The third-order valence-electron chi connectivity index (χ3n) is 2.56. The summed E-state index contributed by atoms with van der Waals surface area (Å²) in [5.74, 6) is 0.0215. The van der Waals surface area contributed by atoms with Crippen molar-refractivity contribution in [3.63, 3.8) is 0 Å². The smallest absolute Gasteiger partial charge is 0.249 e. The number of methoxy groups -OCH3 is 1. The Morgan fingerprint density at radius 3 is 2.94 bits per heavy atom. The summed E-state index contributed by atoms with van der Waals surface area (Å²) in [5, 5.41) is 6.03. The Morgan fingerprint density at radius 1 is 1.38 bits per heavy atom. The molecule has 1 saturated heterocycles. The molecule has 5 heteroatoms. The molecule has 0 aromatic heterocycles. The third-order valence-corrected chi connectivity index (χ3v) is 2.56. The van der Waals surface area contributed by atoms with Crippen LogP contribution in [-0.2, 0) is 14.3 Å². The summed E-state index contributed by atoms with van der Waals surface area (Å²) < 4.78 is 10.3. The lowest BCUT2D eigenvalue weighted by atomic mass is 10.1. The molecule has 1 aliphatic rings. The highest BCUT2D eigenvalue weighted by Gasteiger charge is 2.20. The third kappa shape index (κ3) is 5.44. The molecule has 0 bridgehead atoms. The largest absolute Gasteiger partial charge is 0.383 e. The molecule has 0 radical (unpaired) electrons. The van der Waals surface area contributed by atoms with Gasteiger partial charge in [0.15, 0.2) is 0 Å². The fourth-order valence-corrected chi connectivity index (χ4v) is 1.63. The van der Waals surface area contributed by atoms with E-state index in [2.05, 4.69) is 10.6 Å². The molecular weight excluding hydrogens is 208 g/mol. The molecular formula is C11H22N2O3. The Balaban J connectivity index is 1.97. The predicted octanol–water partition coefficient (Wildman–Crippen LogP) is -0.0923. The zero-order valence-electron chi connectivity index (χ0n) is 9.96. The number of rotatable bonds is 7. The molecule has 1 heterocycles. The Bertz CT molecular complexity index is 194. The molecule has 1 atom stereocenters. The fraction of sp³-hybridized carbons (Fsp3) is 0.909. The minimum atomic E-state index is -0.229. The number of amides is 1. The first kappa shape index (κ1) is 13.4. The zero-order chi connectivity index (χ0) is 11.6. The summed E-state index contributed by atoms with van der Waals surface area (Å²) in [6.07, 6.45) is 2.78. The standard InChI is InChI=1S/C11H22N2O3/c1-15-9-7-12-5-6-13-11(14)10-4-2-3-8-16-10/h10,12H,2-9H2,1H3,(H,13,14). The highest BCUT2D eigenvalue weighted by molar-refractivity contribution is 5.80. The van der Waals surface area contributed by atoms with Gasteiger partial charge in [-0.1, -0.05) is 0 Å². The van der Waals surface area contributed by atoms with Crippen molar-refractivity contribution in [2.75, 3.05) is 40.0 Å². The van der Waals surface area contributed by atoms with E-state index in [1.807, 2.05) is 0 Å². The molecule has 1 fully saturated rings. The second-order valence-electron chi connectivity index (χ2n) is 3.89. The topological polar surface area (TPSA) is 59.6 Å². The average Bonchev–Trinajstić information content (AvgIpc) is 2.34. The number of hydrogen-bond acceptors (Lipinski definition) is 4. The summed E-state index contributed by atoms with van der Waals surface area (Å²) in [6.45, 7) is 3.63. The fourth-order valence-electron chi connectivity index (χ4n) is 1.63. The lowest BCUT2D eigenvalue weighted by Gasteiger charge is -2.21. The second kappa shape index (κ2) is 8.50. The molecule has 0 spiro atoms. The molecule has 0 saturated carbocycles. The summed E-state index contributed by atoms with van der Waals surface area (Å²) in [7, 11) is 1.67. The zero-order valence-corrected chi connectivity index (χ0v) is 9.96. The molecule has 1 amide bonds. The van der Waals surface area contributed by atoms with Crippen molar-refractivity contribution in [1.82, 2.24) is 10.6 Å². The minimum Gasteiger partial charge on any atom is -0.383 e. The van der Waals surface area contributed by atoms with Crippen molar-refractivity contribution in [3.05, 3.63) is 0 Å². The van der Waals surface area contributed by atoms with Crippen molar-refractivity contribution < 1.29 is 14.3 Å². The normalized spacial score (nSPS) is 20.7. The van der Waals surface area contributed by atoms with Crippen LogP contribution in [0.2, 0.25) is 0 Å². The van der Waals surface area contributed by atoms with Crippen LogP contribution >= 0.6 is 0 Å². The molecule has 0 aromatic rings. The van der Waals surface area contributed by atoms with Gasteiger partial charge in [-0.25, -0.2) is 0 Å². The summed E-state index contributed by atoms with van der Waals surface area (Å²) in [6, 6.07) is 0. The van der Waals surface area contributed by atoms with Crippen molar-refractivity contribution >= 4 is 5.91 Å². The van der Waals surface area contributed by atoms with Crippen molar-refractivity contribution in [2.45, 2.75) is 25.4 Å². The number of hydrogen-bond donors (Lipinski definition) is 2. The summed E-state index contributed by atoms with van der Waals surface area (Å²) >= 11 is 0. The quantitative estimate of drug-likeness (QED) is 0.600. The Labute approximate surface area is 96.9 Å². The van der Waals surface area contributed by atoms with Crippen molar-refractivity contribution in [1.29, 1.82) is 0 Å². The first-order chi connectivity index (χ1) is 7.84. The molecule has 0 aromatic carbocycles. The van der Waals surface area contributed by atoms with Gasteiger partial charge in [0.1, 0.15) is 6.10 Å². The first-order valence-corrected chi connectivity index (χ1v) is 5.93. The molecule has 94 valence electrons. The highest BCUT2D eigenvalue weighted by Crippen LogP contribution is 2.12. The minimum absolute atomic E-state index is 0.0215. The van der Waals surface area contributed by atoms with E-state index in [1.165, 1.54) is 0 Å². The van der Waals surface area contributed by atoms with Crippen LogP contribution in [0.3, 0.4) is 0 Å². The maximum atomic E-state index is 11.6. The lowest BCUT2D eigenvalue weighted by molar-refractivity contribution is -0.135. The van der Waals surface area contributed by atoms with Crippen molar-refractivity contribution in [2.24, 2.45) is 0 Å². The van der Waals surface area contributed by atoms with E-state index in [-0.39, 0.29) is 12.0 Å². The molecule has 2 N–H and O–H groups in total. The van der Waals surface area contributed by atoms with Gasteiger partial charge in [0, 0.05) is 33.4 Å². The van der Waals surface area contributed by atoms with Crippen LogP contribution in [0, 0.1) is 0 Å². The van der Waals surface area contributed by atoms with E-state index in [0.717, 1.165) is 32.4 Å². The molecule has 0 aliphatic carbocycles. The molecule has 1 unspecified atom stereocenters. The van der Waals surface area contributed by atoms with Gasteiger partial charge in [-0.2, -0.15) is 0 Å². The van der Waals surface area contributed by atoms with Gasteiger partial charge >= 0.3 is 0 Å². The van der Waals surface area contributed by atoms with E-state index in [4.69, 9.17) is 9.47 Å². The SMILES string of the molecule is COCCNCCNC(=O)C1CCCCO1. The first-order valence-electron chi connectivity index (χ1n) is 5.93. The average molecular weight is 230 g/mol. The Morgan fingerprint density at radius 2 is 2.25 bits per heavy atom. The number of carbonyl (C=O) groups excluding carboxylic acids is 1. The van der Waals surface area contributed by atoms with Crippen LogP contribution in [-0.4, -0.2) is 52.0 Å². The van der Waals surface area contributed by atoms with Crippen LogP contribution in [0.1, 0.15) is 19.3 Å². The maximum Gasteiger partial charge on any atom is 0.249 e. The second-order valence-corrected chi connectivity index (χ2v) is 3.89. The van der Waals surface area contributed by atoms with Crippen LogP contribution in [0.15, 0.2) is 0 Å². The van der Waals surface area contributed by atoms with E-state index >= 15 is 0 Å². The number of nitrogens with one attached hydrogen (secondary N) is 2. The van der Waals surface area contributed by atoms with Crippen LogP contribution in [0.25, 0.3) is 0 Å². The summed E-state index contributed by atoms with van der Waals surface area (Å²) in [5.41, 5.74) is 0. The molecule has 5 nitrogen and oxygen atoms in total. The van der Waals surface area contributed by atoms with Gasteiger partial charge in [-0.05, 0) is 19.3 Å². The van der Waals surface area contributed by atoms with Crippen LogP contribution < -0.4 is 10.6 Å². The highest BCUT2D eigenvalue weighted by atomic mass is 16.5. The van der Waals surface area contributed by atoms with E-state index in [1.54, 1.807) is 7.11 Å². The predicted molar refractivity (Wildman–Crippen MR) is 61.3 cm³/mol. The van der Waals surface area contributed by atoms with Gasteiger partial charge in [-0.15, -0.1) is 0 Å². The molecule has 1 rings (SSSR count). The Kier molecular flexibility index (Phi) is 7.12. The molecule has 1 aliphatic heterocycles. The van der Waals surface area contributed by atoms with Gasteiger partial charge in [0.05, 0.1) is 6.61 Å². The van der Waals surface area contributed by atoms with Crippen LogP contribution in [0.4, 0.5) is 0 Å². The monoisotopic (exact) mass is 230 g/mol. The van der Waals surface area contributed by atoms with Gasteiger partial charge in [0.25, 0.3) is 0 Å². The lowest BCUT2D eigenvalue weighted by Crippen LogP contribution is -2.41. The number of ether oxygens (including phenoxy) is 2. The molecule has 16 heavy (non-hydrogen) atoms. The van der Waals surface area contributed by atoms with Gasteiger partial charge in [0.2, 0.25) is 5.91 Å².